The molecule has 2 fully saturated rings. The van der Waals surface area contributed by atoms with E-state index in [9.17, 15) is 0 Å². The zero-order chi connectivity index (χ0) is 13.2. The van der Waals surface area contributed by atoms with Gasteiger partial charge in [0.2, 0.25) is 0 Å². The Morgan fingerprint density at radius 3 is 2.89 bits per heavy atom. The monoisotopic (exact) mass is 280 g/mol. The number of hydrogen-bond donors (Lipinski definition) is 1. The number of anilines is 1. The summed E-state index contributed by atoms with van der Waals surface area (Å²) in [7, 11) is 1.99. The Morgan fingerprint density at radius 1 is 1.37 bits per heavy atom. The van der Waals surface area contributed by atoms with Crippen LogP contribution < -0.4 is 10.2 Å². The van der Waals surface area contributed by atoms with Gasteiger partial charge < -0.3 is 10.2 Å². The van der Waals surface area contributed by atoms with E-state index in [-0.39, 0.29) is 0 Å². The minimum atomic E-state index is 0.349. The Labute approximate surface area is 119 Å². The van der Waals surface area contributed by atoms with Crippen LogP contribution in [0.4, 0.5) is 5.13 Å². The van der Waals surface area contributed by atoms with Gasteiger partial charge in [-0.05, 0) is 46.3 Å². The van der Waals surface area contributed by atoms with E-state index in [1.165, 1.54) is 56.3 Å². The van der Waals surface area contributed by atoms with Gasteiger partial charge in [-0.1, -0.05) is 0 Å². The van der Waals surface area contributed by atoms with Gasteiger partial charge in [0.1, 0.15) is 0 Å². The molecule has 2 saturated heterocycles. The van der Waals surface area contributed by atoms with Crippen LogP contribution in [0.5, 0.6) is 0 Å². The van der Waals surface area contributed by atoms with Crippen LogP contribution in [0.3, 0.4) is 0 Å². The molecule has 0 amide bonds. The maximum Gasteiger partial charge on any atom is 0.185 e. The molecule has 1 aromatic rings. The number of likely N-dealkylation sites (tertiary alicyclic amines) is 1. The zero-order valence-electron chi connectivity index (χ0n) is 11.9. The second kappa shape index (κ2) is 5.77. The first-order valence-corrected chi connectivity index (χ1v) is 8.27. The molecule has 1 N–H and O–H groups in total. The number of nitrogens with zero attached hydrogens (tertiary/aromatic N) is 3. The highest BCUT2D eigenvalue weighted by Gasteiger charge is 2.30. The minimum absolute atomic E-state index is 0.349. The lowest BCUT2D eigenvalue weighted by atomic mass is 10.2. The van der Waals surface area contributed by atoms with Crippen molar-refractivity contribution in [2.75, 3.05) is 38.1 Å². The highest BCUT2D eigenvalue weighted by molar-refractivity contribution is 7.13. The smallest absolute Gasteiger partial charge is 0.185 e. The molecule has 2 aliphatic rings. The van der Waals surface area contributed by atoms with E-state index in [4.69, 9.17) is 4.98 Å². The van der Waals surface area contributed by atoms with Crippen LogP contribution in [-0.4, -0.2) is 49.2 Å². The molecule has 0 saturated carbocycles. The summed E-state index contributed by atoms with van der Waals surface area (Å²) in [5.41, 5.74) is 1.17. The molecular formula is C14H24N4S. The highest BCUT2D eigenvalue weighted by atomic mass is 32.1. The first kappa shape index (κ1) is 13.3. The summed E-state index contributed by atoms with van der Waals surface area (Å²) in [4.78, 5) is 9.93. The van der Waals surface area contributed by atoms with Gasteiger partial charge in [-0.2, -0.15) is 0 Å². The van der Waals surface area contributed by atoms with Crippen LogP contribution >= 0.6 is 11.3 Å². The summed E-state index contributed by atoms with van der Waals surface area (Å²) in [6.45, 7) is 7.11. The first-order chi connectivity index (χ1) is 9.28. The number of hydrogen-bond acceptors (Lipinski definition) is 5. The van der Waals surface area contributed by atoms with E-state index in [1.54, 1.807) is 11.3 Å². The first-order valence-electron chi connectivity index (χ1n) is 7.39. The van der Waals surface area contributed by atoms with Crippen LogP contribution in [-0.2, 0) is 0 Å². The van der Waals surface area contributed by atoms with Gasteiger partial charge in [-0.15, -0.1) is 11.3 Å². The average Bonchev–Trinajstić information content (AvgIpc) is 3.14. The maximum atomic E-state index is 4.79. The van der Waals surface area contributed by atoms with Crippen molar-refractivity contribution in [3.05, 3.63) is 11.1 Å². The van der Waals surface area contributed by atoms with Crippen molar-refractivity contribution in [1.29, 1.82) is 0 Å². The largest absolute Gasteiger partial charge is 0.346 e. The normalized spacial score (nSPS) is 26.2. The molecule has 0 spiro atoms. The topological polar surface area (TPSA) is 31.4 Å². The molecule has 0 radical (unpaired) electrons. The second-order valence-electron chi connectivity index (χ2n) is 5.70. The molecule has 2 atom stereocenters. The molecule has 2 aliphatic heterocycles. The molecule has 4 nitrogen and oxygen atoms in total. The van der Waals surface area contributed by atoms with Crippen LogP contribution in [0.1, 0.15) is 37.9 Å². The summed E-state index contributed by atoms with van der Waals surface area (Å²) >= 11 is 1.79. The number of nitrogens with one attached hydrogen (secondary N) is 1. The van der Waals surface area contributed by atoms with Crippen LogP contribution in [0.2, 0.25) is 0 Å². The number of aromatic nitrogens is 1. The third kappa shape index (κ3) is 2.78. The Balaban J connectivity index is 1.62. The molecule has 0 bridgehead atoms. The van der Waals surface area contributed by atoms with Gasteiger partial charge in [-0.25, -0.2) is 4.98 Å². The quantitative estimate of drug-likeness (QED) is 0.915. The van der Waals surface area contributed by atoms with Crippen LogP contribution in [0.15, 0.2) is 5.38 Å². The minimum Gasteiger partial charge on any atom is -0.346 e. The standard InChI is InChI=1S/C14H24N4S/c1-11(15-2)13-10-19-14(16-13)18-8-5-12(9-18)17-6-3-4-7-17/h10-12,15H,3-9H2,1-2H3. The summed E-state index contributed by atoms with van der Waals surface area (Å²) < 4.78 is 0. The molecule has 0 aliphatic carbocycles. The van der Waals surface area contributed by atoms with E-state index >= 15 is 0 Å². The molecule has 1 aromatic heterocycles. The Bertz CT molecular complexity index is 413. The van der Waals surface area contributed by atoms with Crippen molar-refractivity contribution in [3.8, 4) is 0 Å². The number of thiazole rings is 1. The lowest BCUT2D eigenvalue weighted by molar-refractivity contribution is 0.260. The van der Waals surface area contributed by atoms with Crippen LogP contribution in [0.25, 0.3) is 0 Å². The molecule has 19 heavy (non-hydrogen) atoms. The van der Waals surface area contributed by atoms with E-state index in [0.717, 1.165) is 6.04 Å². The highest BCUT2D eigenvalue weighted by Crippen LogP contribution is 2.29. The van der Waals surface area contributed by atoms with Crippen molar-refractivity contribution < 1.29 is 0 Å². The van der Waals surface area contributed by atoms with Gasteiger partial charge in [0.25, 0.3) is 0 Å². The lowest BCUT2D eigenvalue weighted by Gasteiger charge is -2.23. The van der Waals surface area contributed by atoms with Crippen molar-refractivity contribution in [1.82, 2.24) is 15.2 Å². The van der Waals surface area contributed by atoms with Crippen molar-refractivity contribution in [3.63, 3.8) is 0 Å². The molecule has 2 unspecified atom stereocenters. The van der Waals surface area contributed by atoms with Crippen molar-refractivity contribution in [2.24, 2.45) is 0 Å². The molecule has 106 valence electrons. The van der Waals surface area contributed by atoms with Gasteiger partial charge in [0.05, 0.1) is 5.69 Å². The van der Waals surface area contributed by atoms with Gasteiger partial charge in [-0.3, -0.25) is 4.90 Å². The van der Waals surface area contributed by atoms with E-state index in [0.29, 0.717) is 6.04 Å². The third-order valence-electron chi connectivity index (χ3n) is 4.48. The van der Waals surface area contributed by atoms with Crippen molar-refractivity contribution >= 4 is 16.5 Å². The van der Waals surface area contributed by atoms with Gasteiger partial charge in [0.15, 0.2) is 5.13 Å². The predicted octanol–water partition coefficient (Wildman–Crippen LogP) is 2.10. The molecule has 3 rings (SSSR count). The SMILES string of the molecule is CNC(C)c1csc(N2CCC(N3CCCC3)C2)n1. The fourth-order valence-corrected chi connectivity index (χ4v) is 4.04. The van der Waals surface area contributed by atoms with E-state index in [1.807, 2.05) is 7.05 Å². The molecular weight excluding hydrogens is 256 g/mol. The Hall–Kier alpha value is -0.650. The number of rotatable bonds is 4. The molecule has 3 heterocycles. The second-order valence-corrected chi connectivity index (χ2v) is 6.53. The average molecular weight is 280 g/mol. The summed E-state index contributed by atoms with van der Waals surface area (Å²) in [5.74, 6) is 0. The predicted molar refractivity (Wildman–Crippen MR) is 81.0 cm³/mol. The van der Waals surface area contributed by atoms with E-state index < -0.39 is 0 Å². The molecule has 0 aromatic carbocycles. The summed E-state index contributed by atoms with van der Waals surface area (Å²) in [5, 5.41) is 6.66. The summed E-state index contributed by atoms with van der Waals surface area (Å²) in [6.07, 6.45) is 4.08. The van der Waals surface area contributed by atoms with Crippen molar-refractivity contribution in [2.45, 2.75) is 38.3 Å². The zero-order valence-corrected chi connectivity index (χ0v) is 12.7. The Kier molecular flexibility index (Phi) is 4.05. The summed E-state index contributed by atoms with van der Waals surface area (Å²) in [6, 6.07) is 1.11. The Morgan fingerprint density at radius 2 is 2.16 bits per heavy atom. The maximum absolute atomic E-state index is 4.79. The lowest BCUT2D eigenvalue weighted by Crippen LogP contribution is -2.35. The van der Waals surface area contributed by atoms with E-state index in [2.05, 4.69) is 27.4 Å². The van der Waals surface area contributed by atoms with Crippen LogP contribution in [0, 0.1) is 0 Å². The fraction of sp³-hybridized carbons (Fsp3) is 0.786. The third-order valence-corrected chi connectivity index (χ3v) is 5.40. The van der Waals surface area contributed by atoms with Gasteiger partial charge >= 0.3 is 0 Å². The molecule has 5 heteroatoms. The van der Waals surface area contributed by atoms with Gasteiger partial charge in [0, 0.05) is 30.6 Å². The fourth-order valence-electron chi connectivity index (χ4n) is 3.09.